The summed E-state index contributed by atoms with van der Waals surface area (Å²) < 4.78 is 0. The zero-order valence-electron chi connectivity index (χ0n) is 9.43. The molecule has 1 aliphatic rings. The Labute approximate surface area is 98.8 Å². The minimum absolute atomic E-state index is 0.0535. The average Bonchev–Trinajstić information content (AvgIpc) is 2.67. The van der Waals surface area contributed by atoms with Crippen LogP contribution >= 0.6 is 0 Å². The van der Waals surface area contributed by atoms with Crippen molar-refractivity contribution < 1.29 is 14.7 Å². The number of fused-ring (bicyclic) bond motifs is 1. The van der Waals surface area contributed by atoms with Gasteiger partial charge in [0.15, 0.2) is 0 Å². The minimum Gasteiger partial charge on any atom is -0.481 e. The van der Waals surface area contributed by atoms with Gasteiger partial charge in [0.25, 0.3) is 0 Å². The fourth-order valence-electron chi connectivity index (χ4n) is 2.22. The second-order valence-corrected chi connectivity index (χ2v) is 4.03. The summed E-state index contributed by atoms with van der Waals surface area (Å²) in [7, 11) is 1.55. The molecule has 2 rings (SSSR count). The zero-order chi connectivity index (χ0) is 12.4. The number of anilines is 1. The first kappa shape index (κ1) is 11.4. The summed E-state index contributed by atoms with van der Waals surface area (Å²) in [5, 5.41) is 14.5. The normalized spacial score (nSPS) is 21.5. The fourth-order valence-corrected chi connectivity index (χ4v) is 2.22. The van der Waals surface area contributed by atoms with Gasteiger partial charge in [0, 0.05) is 18.7 Å². The predicted molar refractivity (Wildman–Crippen MR) is 62.9 cm³/mol. The molecular weight excluding hydrogens is 220 g/mol. The third kappa shape index (κ3) is 2.08. The van der Waals surface area contributed by atoms with E-state index in [1.165, 1.54) is 0 Å². The molecule has 0 saturated carbocycles. The molecule has 5 nitrogen and oxygen atoms in total. The lowest BCUT2D eigenvalue weighted by atomic mass is 9.91. The molecule has 0 bridgehead atoms. The van der Waals surface area contributed by atoms with E-state index in [1.54, 1.807) is 7.05 Å². The van der Waals surface area contributed by atoms with Crippen LogP contribution in [0.2, 0.25) is 0 Å². The molecule has 90 valence electrons. The van der Waals surface area contributed by atoms with Crippen molar-refractivity contribution in [3.05, 3.63) is 29.8 Å². The van der Waals surface area contributed by atoms with Crippen molar-refractivity contribution in [1.82, 2.24) is 5.32 Å². The maximum Gasteiger partial charge on any atom is 0.304 e. The lowest BCUT2D eigenvalue weighted by Crippen LogP contribution is -2.39. The van der Waals surface area contributed by atoms with E-state index in [0.717, 1.165) is 11.3 Å². The van der Waals surface area contributed by atoms with E-state index in [-0.39, 0.29) is 18.2 Å². The molecule has 5 heteroatoms. The molecule has 1 heterocycles. The number of carbonyl (C=O) groups is 2. The van der Waals surface area contributed by atoms with E-state index >= 15 is 0 Å². The number of carboxylic acid groups (broad SMARTS) is 1. The largest absolute Gasteiger partial charge is 0.481 e. The summed E-state index contributed by atoms with van der Waals surface area (Å²) in [6, 6.07) is 6.91. The number of nitrogens with one attached hydrogen (secondary N) is 2. The highest BCUT2D eigenvalue weighted by Crippen LogP contribution is 2.37. The van der Waals surface area contributed by atoms with E-state index < -0.39 is 12.0 Å². The molecule has 0 aliphatic carbocycles. The Morgan fingerprint density at radius 1 is 1.41 bits per heavy atom. The van der Waals surface area contributed by atoms with Crippen molar-refractivity contribution in [2.24, 2.45) is 0 Å². The highest BCUT2D eigenvalue weighted by molar-refractivity contribution is 5.89. The smallest absolute Gasteiger partial charge is 0.304 e. The molecular formula is C12H14N2O3. The van der Waals surface area contributed by atoms with Gasteiger partial charge in [-0.15, -0.1) is 0 Å². The molecule has 0 saturated heterocycles. The number of benzene rings is 1. The number of hydrogen-bond acceptors (Lipinski definition) is 3. The molecule has 0 fully saturated rings. The van der Waals surface area contributed by atoms with Crippen LogP contribution in [0, 0.1) is 0 Å². The zero-order valence-corrected chi connectivity index (χ0v) is 9.43. The summed E-state index contributed by atoms with van der Waals surface area (Å²) in [6.45, 7) is 0. The highest BCUT2D eigenvalue weighted by Gasteiger charge is 2.37. The summed E-state index contributed by atoms with van der Waals surface area (Å²) in [6.07, 6.45) is -0.0535. The first-order chi connectivity index (χ1) is 8.13. The van der Waals surface area contributed by atoms with Crippen molar-refractivity contribution in [2.45, 2.75) is 18.4 Å². The Balaban J connectivity index is 2.33. The van der Waals surface area contributed by atoms with Gasteiger partial charge in [-0.05, 0) is 11.6 Å². The van der Waals surface area contributed by atoms with Crippen LogP contribution in [0.15, 0.2) is 24.3 Å². The number of carboxylic acids is 1. The average molecular weight is 234 g/mol. The van der Waals surface area contributed by atoms with Gasteiger partial charge >= 0.3 is 5.97 Å². The Hall–Kier alpha value is -2.04. The fraction of sp³-hybridized carbons (Fsp3) is 0.333. The number of likely N-dealkylation sites (N-methyl/N-ethyl adjacent to an activating group) is 1. The van der Waals surface area contributed by atoms with Gasteiger partial charge in [0.2, 0.25) is 5.91 Å². The van der Waals surface area contributed by atoms with E-state index in [0.29, 0.717) is 0 Å². The van der Waals surface area contributed by atoms with Crippen molar-refractivity contribution in [1.29, 1.82) is 0 Å². The van der Waals surface area contributed by atoms with Crippen LogP contribution in [-0.4, -0.2) is 30.1 Å². The second kappa shape index (κ2) is 4.45. The van der Waals surface area contributed by atoms with E-state index in [4.69, 9.17) is 5.11 Å². The molecule has 17 heavy (non-hydrogen) atoms. The lowest BCUT2D eigenvalue weighted by Gasteiger charge is -2.17. The summed E-state index contributed by atoms with van der Waals surface area (Å²) in [4.78, 5) is 22.6. The standard InChI is InChI=1S/C12H14N2O3/c1-13-12(17)11-8(6-10(15)16)7-4-2-3-5-9(7)14-11/h2-5,8,11,14H,6H2,1H3,(H,13,17)(H,15,16)/t8-,11+/m1/s1. The topological polar surface area (TPSA) is 78.4 Å². The van der Waals surface area contributed by atoms with Crippen LogP contribution in [0.1, 0.15) is 17.9 Å². The van der Waals surface area contributed by atoms with Gasteiger partial charge in [-0.2, -0.15) is 0 Å². The van der Waals surface area contributed by atoms with Gasteiger partial charge in [-0.3, -0.25) is 9.59 Å². The molecule has 0 spiro atoms. The Morgan fingerprint density at radius 2 is 2.12 bits per heavy atom. The Kier molecular flexibility index (Phi) is 2.99. The number of rotatable bonds is 3. The Morgan fingerprint density at radius 3 is 2.76 bits per heavy atom. The molecule has 1 aliphatic heterocycles. The molecule has 0 aromatic heterocycles. The first-order valence-corrected chi connectivity index (χ1v) is 5.42. The minimum atomic E-state index is -0.901. The number of carbonyl (C=O) groups excluding carboxylic acids is 1. The van der Waals surface area contributed by atoms with Crippen molar-refractivity contribution >= 4 is 17.6 Å². The third-order valence-electron chi connectivity index (χ3n) is 3.00. The number of hydrogen-bond donors (Lipinski definition) is 3. The molecule has 1 aromatic carbocycles. The predicted octanol–water partition coefficient (Wildman–Crippen LogP) is 0.785. The van der Waals surface area contributed by atoms with Crippen LogP contribution in [-0.2, 0) is 9.59 Å². The Bertz CT molecular complexity index is 459. The highest BCUT2D eigenvalue weighted by atomic mass is 16.4. The van der Waals surface area contributed by atoms with Crippen molar-refractivity contribution in [3.8, 4) is 0 Å². The molecule has 1 aromatic rings. The number of para-hydroxylation sites is 1. The van der Waals surface area contributed by atoms with Crippen molar-refractivity contribution in [3.63, 3.8) is 0 Å². The lowest BCUT2D eigenvalue weighted by molar-refractivity contribution is -0.137. The second-order valence-electron chi connectivity index (χ2n) is 4.03. The SMILES string of the molecule is CNC(=O)[C@H]1Nc2ccccc2[C@H]1CC(=O)O. The molecule has 3 N–H and O–H groups in total. The van der Waals surface area contributed by atoms with Crippen LogP contribution in [0.25, 0.3) is 0 Å². The summed E-state index contributed by atoms with van der Waals surface area (Å²) in [5.41, 5.74) is 1.73. The van der Waals surface area contributed by atoms with Crippen LogP contribution < -0.4 is 10.6 Å². The van der Waals surface area contributed by atoms with Crippen LogP contribution in [0.5, 0.6) is 0 Å². The summed E-state index contributed by atoms with van der Waals surface area (Å²) in [5.74, 6) is -1.40. The van der Waals surface area contributed by atoms with Crippen molar-refractivity contribution in [2.75, 3.05) is 12.4 Å². The van der Waals surface area contributed by atoms with Gasteiger partial charge < -0.3 is 15.7 Å². The maximum absolute atomic E-state index is 11.7. The maximum atomic E-state index is 11.7. The molecule has 0 unspecified atom stereocenters. The van der Waals surface area contributed by atoms with E-state index in [9.17, 15) is 9.59 Å². The van der Waals surface area contributed by atoms with Gasteiger partial charge in [-0.25, -0.2) is 0 Å². The van der Waals surface area contributed by atoms with Gasteiger partial charge in [0.1, 0.15) is 6.04 Å². The van der Waals surface area contributed by atoms with Crippen LogP contribution in [0.3, 0.4) is 0 Å². The van der Waals surface area contributed by atoms with E-state index in [2.05, 4.69) is 10.6 Å². The number of aliphatic carboxylic acids is 1. The third-order valence-corrected chi connectivity index (χ3v) is 3.00. The van der Waals surface area contributed by atoms with E-state index in [1.807, 2.05) is 24.3 Å². The van der Waals surface area contributed by atoms with Crippen LogP contribution in [0.4, 0.5) is 5.69 Å². The first-order valence-electron chi connectivity index (χ1n) is 5.42. The monoisotopic (exact) mass is 234 g/mol. The molecule has 0 radical (unpaired) electrons. The molecule has 2 atom stereocenters. The number of amides is 1. The van der Waals surface area contributed by atoms with Gasteiger partial charge in [-0.1, -0.05) is 18.2 Å². The summed E-state index contributed by atoms with van der Waals surface area (Å²) >= 11 is 0. The van der Waals surface area contributed by atoms with Gasteiger partial charge in [0.05, 0.1) is 6.42 Å². The molecule has 1 amide bonds. The quantitative estimate of drug-likeness (QED) is 0.722.